The van der Waals surface area contributed by atoms with E-state index in [0.29, 0.717) is 12.4 Å². The molecule has 1 aliphatic rings. The summed E-state index contributed by atoms with van der Waals surface area (Å²) in [6.45, 7) is 7.57. The second kappa shape index (κ2) is 10.2. The molecule has 1 aliphatic heterocycles. The molecule has 180 valence electrons. The first-order valence-electron chi connectivity index (χ1n) is 11.2. The zero-order valence-electron chi connectivity index (χ0n) is 20.3. The first kappa shape index (κ1) is 25.2. The molecule has 0 bridgehead atoms. The van der Waals surface area contributed by atoms with E-state index in [4.69, 9.17) is 14.2 Å². The average molecular weight is 465 g/mol. The molecule has 2 aromatic carbocycles. The Labute approximate surface area is 200 Å². The molecule has 7 nitrogen and oxygen atoms in total. The number of benzene rings is 2. The molecule has 2 atom stereocenters. The number of amides is 1. The van der Waals surface area contributed by atoms with Crippen molar-refractivity contribution in [2.45, 2.75) is 57.6 Å². The number of esters is 1. The molecule has 0 saturated carbocycles. The molecule has 0 saturated heterocycles. The number of allylic oxidation sites excluding steroid dienone is 1. The first-order chi connectivity index (χ1) is 16.1. The molecule has 0 spiro atoms. The zero-order valence-corrected chi connectivity index (χ0v) is 20.3. The highest BCUT2D eigenvalue weighted by Gasteiger charge is 2.43. The fourth-order valence-electron chi connectivity index (χ4n) is 3.49. The highest BCUT2D eigenvalue weighted by Crippen LogP contribution is 2.31. The van der Waals surface area contributed by atoms with E-state index in [1.807, 2.05) is 61.5 Å². The van der Waals surface area contributed by atoms with Crippen LogP contribution < -0.4 is 10.1 Å². The molecule has 0 aromatic heterocycles. The number of ether oxygens (including phenoxy) is 3. The smallest absolute Gasteiger partial charge is 0.359 e. The Morgan fingerprint density at radius 3 is 2.24 bits per heavy atom. The van der Waals surface area contributed by atoms with Gasteiger partial charge in [-0.15, -0.1) is 0 Å². The lowest BCUT2D eigenvalue weighted by molar-refractivity contribution is -0.162. The molecular weight excluding hydrogens is 432 g/mol. The van der Waals surface area contributed by atoms with Gasteiger partial charge in [-0.25, -0.2) is 4.79 Å². The maximum absolute atomic E-state index is 13.0. The van der Waals surface area contributed by atoms with Crippen molar-refractivity contribution in [3.8, 4) is 5.75 Å². The summed E-state index contributed by atoms with van der Waals surface area (Å²) in [6.07, 6.45) is 4.56. The van der Waals surface area contributed by atoms with Crippen LogP contribution in [0.5, 0.6) is 5.75 Å². The minimum atomic E-state index is -1.58. The lowest BCUT2D eigenvalue weighted by Gasteiger charge is -2.32. The van der Waals surface area contributed by atoms with Crippen LogP contribution in [-0.2, 0) is 31.3 Å². The minimum Gasteiger partial charge on any atom is -0.489 e. The minimum absolute atomic E-state index is 0.0262. The van der Waals surface area contributed by atoms with Crippen molar-refractivity contribution in [1.29, 1.82) is 0 Å². The van der Waals surface area contributed by atoms with Crippen LogP contribution in [-0.4, -0.2) is 36.5 Å². The number of hydrogen-bond acceptors (Lipinski definition) is 6. The fraction of sp³-hybridized carbons (Fsp3) is 0.370. The van der Waals surface area contributed by atoms with E-state index in [1.54, 1.807) is 34.0 Å². The third-order valence-corrected chi connectivity index (χ3v) is 5.40. The molecule has 2 aromatic rings. The molecular formula is C27H32N2O5. The summed E-state index contributed by atoms with van der Waals surface area (Å²) in [5.74, 6) is -0.328. The molecule has 1 amide bonds. The number of nitrogens with one attached hydrogen (secondary N) is 1. The van der Waals surface area contributed by atoms with Gasteiger partial charge in [0.05, 0.1) is 12.0 Å². The molecule has 0 fully saturated rings. The predicted molar refractivity (Wildman–Crippen MR) is 131 cm³/mol. The van der Waals surface area contributed by atoms with Crippen molar-refractivity contribution in [1.82, 2.24) is 5.32 Å². The molecule has 1 heterocycles. The van der Waals surface area contributed by atoms with Gasteiger partial charge in [-0.3, -0.25) is 9.79 Å². The molecule has 34 heavy (non-hydrogen) atoms. The Morgan fingerprint density at radius 2 is 1.68 bits per heavy atom. The average Bonchev–Trinajstić information content (AvgIpc) is 3.27. The Morgan fingerprint density at radius 1 is 1.00 bits per heavy atom. The van der Waals surface area contributed by atoms with Crippen molar-refractivity contribution >= 4 is 18.1 Å². The third kappa shape index (κ3) is 6.32. The number of hydrogen-bond donors (Lipinski definition) is 1. The zero-order chi connectivity index (χ0) is 24.8. The summed E-state index contributed by atoms with van der Waals surface area (Å²) < 4.78 is 17.0. The molecule has 2 unspecified atom stereocenters. The van der Waals surface area contributed by atoms with Crippen LogP contribution in [0.3, 0.4) is 0 Å². The number of rotatable bonds is 9. The van der Waals surface area contributed by atoms with E-state index >= 15 is 0 Å². The van der Waals surface area contributed by atoms with Crippen LogP contribution >= 0.6 is 0 Å². The van der Waals surface area contributed by atoms with Gasteiger partial charge in [-0.1, -0.05) is 42.5 Å². The highest BCUT2D eigenvalue weighted by atomic mass is 16.6. The number of carbonyl (C=O) groups excluding carboxylic acids is 2. The lowest BCUT2D eigenvalue weighted by Crippen LogP contribution is -2.54. The quantitative estimate of drug-likeness (QED) is 0.559. The van der Waals surface area contributed by atoms with Crippen molar-refractivity contribution in [2.75, 3.05) is 7.11 Å². The van der Waals surface area contributed by atoms with E-state index in [0.717, 1.165) is 11.1 Å². The summed E-state index contributed by atoms with van der Waals surface area (Å²) in [4.78, 5) is 30.0. The maximum Gasteiger partial charge on any atom is 0.359 e. The van der Waals surface area contributed by atoms with Gasteiger partial charge < -0.3 is 19.5 Å². The van der Waals surface area contributed by atoms with E-state index < -0.39 is 28.7 Å². The molecule has 7 heteroatoms. The van der Waals surface area contributed by atoms with Crippen molar-refractivity contribution in [3.63, 3.8) is 0 Å². The van der Waals surface area contributed by atoms with Crippen LogP contribution in [0.2, 0.25) is 0 Å². The summed E-state index contributed by atoms with van der Waals surface area (Å²) in [5.41, 5.74) is -1.34. The van der Waals surface area contributed by atoms with E-state index in [1.165, 1.54) is 12.3 Å². The monoisotopic (exact) mass is 464 g/mol. The van der Waals surface area contributed by atoms with Crippen molar-refractivity contribution in [3.05, 3.63) is 77.9 Å². The molecule has 0 aliphatic carbocycles. The lowest BCUT2D eigenvalue weighted by atomic mass is 9.91. The first-order valence-corrected chi connectivity index (χ1v) is 11.2. The number of aliphatic imine (C=N–C) groups is 1. The van der Waals surface area contributed by atoms with Crippen LogP contribution in [0, 0.1) is 0 Å². The predicted octanol–water partition coefficient (Wildman–Crippen LogP) is 4.31. The second-order valence-corrected chi connectivity index (χ2v) is 9.36. The van der Waals surface area contributed by atoms with Gasteiger partial charge in [-0.05, 0) is 63.1 Å². The van der Waals surface area contributed by atoms with Crippen LogP contribution in [0.25, 0.3) is 0 Å². The normalized spacial score (nSPS) is 18.9. The van der Waals surface area contributed by atoms with Gasteiger partial charge in [0.2, 0.25) is 11.6 Å². The Kier molecular flexibility index (Phi) is 7.57. The Bertz CT molecular complexity index is 1040. The van der Waals surface area contributed by atoms with Crippen LogP contribution in [0.1, 0.15) is 45.2 Å². The fourth-order valence-corrected chi connectivity index (χ4v) is 3.49. The molecule has 0 radical (unpaired) electrons. The Balaban J connectivity index is 1.67. The summed E-state index contributed by atoms with van der Waals surface area (Å²) in [5, 5.41) is 2.72. The topological polar surface area (TPSA) is 86.2 Å². The molecule has 1 N–H and O–H groups in total. The SMILES string of the molecule is COC(C)(CC(=O)NC1(C(=O)OC(C)(C)C)C=CC=N1)c1ccc(OCc2ccccc2)cc1. The maximum atomic E-state index is 13.0. The van der Waals surface area contributed by atoms with Gasteiger partial charge in [0.25, 0.3) is 0 Å². The van der Waals surface area contributed by atoms with Gasteiger partial charge in [0.1, 0.15) is 18.0 Å². The molecule has 3 rings (SSSR count). The summed E-state index contributed by atoms with van der Waals surface area (Å²) >= 11 is 0. The van der Waals surface area contributed by atoms with E-state index in [-0.39, 0.29) is 6.42 Å². The van der Waals surface area contributed by atoms with Gasteiger partial charge >= 0.3 is 5.97 Å². The standard InChI is InChI=1S/C27H32N2O5/c1-25(2,3)34-24(31)27(16-9-17-28-27)29-23(30)18-26(4,32-5)21-12-14-22(15-13-21)33-19-20-10-7-6-8-11-20/h6-17H,18-19H2,1-5H3,(H,29,30). The van der Waals surface area contributed by atoms with E-state index in [9.17, 15) is 9.59 Å². The number of methoxy groups -OCH3 is 1. The van der Waals surface area contributed by atoms with Gasteiger partial charge in [-0.2, -0.15) is 0 Å². The largest absolute Gasteiger partial charge is 0.489 e. The Hall–Kier alpha value is -3.45. The van der Waals surface area contributed by atoms with Gasteiger partial charge in [0, 0.05) is 13.3 Å². The number of nitrogens with zero attached hydrogens (tertiary/aromatic N) is 1. The van der Waals surface area contributed by atoms with Crippen molar-refractivity contribution in [2.24, 2.45) is 4.99 Å². The van der Waals surface area contributed by atoms with E-state index in [2.05, 4.69) is 10.3 Å². The van der Waals surface area contributed by atoms with Crippen molar-refractivity contribution < 1.29 is 23.8 Å². The summed E-state index contributed by atoms with van der Waals surface area (Å²) in [6, 6.07) is 17.3. The van der Waals surface area contributed by atoms with Gasteiger partial charge in [0.15, 0.2) is 0 Å². The second-order valence-electron chi connectivity index (χ2n) is 9.36. The van der Waals surface area contributed by atoms with Crippen LogP contribution in [0.15, 0.2) is 71.7 Å². The van der Waals surface area contributed by atoms with Crippen LogP contribution in [0.4, 0.5) is 0 Å². The number of carbonyl (C=O) groups is 2. The summed E-state index contributed by atoms with van der Waals surface area (Å²) in [7, 11) is 1.55. The highest BCUT2D eigenvalue weighted by molar-refractivity contribution is 5.95. The third-order valence-electron chi connectivity index (χ3n) is 5.40.